The van der Waals surface area contributed by atoms with Crippen LogP contribution in [-0.2, 0) is 6.54 Å². The molecule has 0 aliphatic carbocycles. The zero-order valence-electron chi connectivity index (χ0n) is 15.9. The van der Waals surface area contributed by atoms with Gasteiger partial charge in [-0.05, 0) is 60.5 Å². The Morgan fingerprint density at radius 1 is 1.07 bits per heavy atom. The lowest BCUT2D eigenvalue weighted by Gasteiger charge is -2.15. The average Bonchev–Trinajstić information content (AvgIpc) is 3.17. The van der Waals surface area contributed by atoms with Gasteiger partial charge in [0.25, 0.3) is 0 Å². The number of para-hydroxylation sites is 1. The van der Waals surface area contributed by atoms with Crippen molar-refractivity contribution in [3.05, 3.63) is 54.1 Å². The second kappa shape index (κ2) is 9.14. The number of tetrazole rings is 1. The summed E-state index contributed by atoms with van der Waals surface area (Å²) in [5.74, 6) is 1.25. The summed E-state index contributed by atoms with van der Waals surface area (Å²) >= 11 is 0. The molecule has 0 fully saturated rings. The molecule has 0 saturated carbocycles. The molecular weight excluding hydrogens is 342 g/mol. The molecule has 0 spiro atoms. The summed E-state index contributed by atoms with van der Waals surface area (Å²) in [4.78, 5) is 0. The monoisotopic (exact) mass is 367 g/mol. The normalized spacial score (nSPS) is 12.0. The minimum Gasteiger partial charge on any atom is -0.490 e. The van der Waals surface area contributed by atoms with Crippen LogP contribution in [0.3, 0.4) is 0 Å². The third-order valence-corrected chi connectivity index (χ3v) is 4.22. The van der Waals surface area contributed by atoms with Crippen molar-refractivity contribution in [2.45, 2.75) is 39.8 Å². The predicted octanol–water partition coefficient (Wildman–Crippen LogP) is 3.74. The average molecular weight is 367 g/mol. The van der Waals surface area contributed by atoms with E-state index in [1.165, 1.54) is 0 Å². The molecule has 0 aliphatic rings. The van der Waals surface area contributed by atoms with Crippen LogP contribution >= 0.6 is 0 Å². The predicted molar refractivity (Wildman–Crippen MR) is 103 cm³/mol. The van der Waals surface area contributed by atoms with Crippen LogP contribution < -0.4 is 14.8 Å². The smallest absolute Gasteiger partial charge is 0.346 e. The molecule has 142 valence electrons. The second-order valence-corrected chi connectivity index (χ2v) is 6.22. The fraction of sp³-hybridized carbons (Fsp3) is 0.350. The van der Waals surface area contributed by atoms with Crippen molar-refractivity contribution in [1.82, 2.24) is 25.5 Å². The van der Waals surface area contributed by atoms with Gasteiger partial charge >= 0.3 is 6.01 Å². The van der Waals surface area contributed by atoms with Gasteiger partial charge in [-0.25, -0.2) is 0 Å². The van der Waals surface area contributed by atoms with E-state index in [9.17, 15) is 0 Å². The fourth-order valence-electron chi connectivity index (χ4n) is 2.52. The number of rotatable bonds is 9. The van der Waals surface area contributed by atoms with Crippen LogP contribution in [0.1, 0.15) is 32.8 Å². The van der Waals surface area contributed by atoms with Crippen molar-refractivity contribution >= 4 is 0 Å². The molecular formula is C20H25N5O2. The van der Waals surface area contributed by atoms with Crippen LogP contribution in [0.25, 0.3) is 5.69 Å². The standard InChI is InChI=1S/C20H25N5O2/c1-4-15(3)21-14-16-11-12-18(19(13-16)26-5-2)27-20-22-23-24-25(20)17-9-7-6-8-10-17/h6-13,15,21H,4-5,14H2,1-3H3/t15-/m1/s1. The van der Waals surface area contributed by atoms with Crippen LogP contribution in [0.5, 0.6) is 17.5 Å². The number of benzene rings is 2. The summed E-state index contributed by atoms with van der Waals surface area (Å²) in [6, 6.07) is 16.3. The lowest BCUT2D eigenvalue weighted by atomic mass is 10.1. The first-order valence-electron chi connectivity index (χ1n) is 9.22. The number of hydrogen-bond donors (Lipinski definition) is 1. The van der Waals surface area contributed by atoms with E-state index in [4.69, 9.17) is 9.47 Å². The van der Waals surface area contributed by atoms with Crippen LogP contribution in [0.2, 0.25) is 0 Å². The highest BCUT2D eigenvalue weighted by Crippen LogP contribution is 2.32. The van der Waals surface area contributed by atoms with Crippen LogP contribution in [0, 0.1) is 0 Å². The Hall–Kier alpha value is -2.93. The zero-order chi connectivity index (χ0) is 19.1. The summed E-state index contributed by atoms with van der Waals surface area (Å²) in [5, 5.41) is 15.2. The van der Waals surface area contributed by atoms with Crippen LogP contribution in [-0.4, -0.2) is 32.9 Å². The summed E-state index contributed by atoms with van der Waals surface area (Å²) in [6.07, 6.45) is 1.08. The maximum absolute atomic E-state index is 5.97. The maximum Gasteiger partial charge on any atom is 0.346 e. The Morgan fingerprint density at radius 3 is 2.63 bits per heavy atom. The van der Waals surface area contributed by atoms with E-state index in [1.807, 2.05) is 55.5 Å². The molecule has 0 bridgehead atoms. The van der Waals surface area contributed by atoms with Gasteiger partial charge in [0.15, 0.2) is 11.5 Å². The number of hydrogen-bond acceptors (Lipinski definition) is 6. The molecule has 3 rings (SSSR count). The summed E-state index contributed by atoms with van der Waals surface area (Å²) in [6.45, 7) is 7.60. The number of aromatic nitrogens is 4. The van der Waals surface area contributed by atoms with E-state index >= 15 is 0 Å². The lowest BCUT2D eigenvalue weighted by molar-refractivity contribution is 0.315. The second-order valence-electron chi connectivity index (χ2n) is 6.22. The van der Waals surface area contributed by atoms with E-state index in [1.54, 1.807) is 4.68 Å². The highest BCUT2D eigenvalue weighted by atomic mass is 16.5. The molecule has 3 aromatic rings. The molecule has 1 atom stereocenters. The SMILES string of the molecule is CCOc1cc(CN[C@H](C)CC)ccc1Oc1nnnn1-c1ccccc1. The molecule has 0 amide bonds. The van der Waals surface area contributed by atoms with Gasteiger partial charge in [0.05, 0.1) is 12.3 Å². The molecule has 1 aromatic heterocycles. The first-order valence-corrected chi connectivity index (χ1v) is 9.22. The molecule has 27 heavy (non-hydrogen) atoms. The van der Waals surface area contributed by atoms with Gasteiger partial charge in [-0.3, -0.25) is 0 Å². The van der Waals surface area contributed by atoms with Gasteiger partial charge in [-0.15, -0.1) is 0 Å². The van der Waals surface area contributed by atoms with Crippen molar-refractivity contribution < 1.29 is 9.47 Å². The van der Waals surface area contributed by atoms with E-state index in [0.29, 0.717) is 24.1 Å². The van der Waals surface area contributed by atoms with Gasteiger partial charge < -0.3 is 14.8 Å². The van der Waals surface area contributed by atoms with Gasteiger partial charge in [-0.1, -0.05) is 36.3 Å². The number of nitrogens with zero attached hydrogens (tertiary/aromatic N) is 4. The summed E-state index contributed by atoms with van der Waals surface area (Å²) in [5.41, 5.74) is 1.96. The Morgan fingerprint density at radius 2 is 1.89 bits per heavy atom. The minimum atomic E-state index is 0.285. The van der Waals surface area contributed by atoms with Crippen molar-refractivity contribution in [2.75, 3.05) is 6.61 Å². The molecule has 2 aromatic carbocycles. The van der Waals surface area contributed by atoms with Gasteiger partial charge in [0, 0.05) is 12.6 Å². The summed E-state index contributed by atoms with van der Waals surface area (Å²) in [7, 11) is 0. The van der Waals surface area contributed by atoms with E-state index in [0.717, 1.165) is 24.2 Å². The first kappa shape index (κ1) is 18.8. The van der Waals surface area contributed by atoms with Crippen molar-refractivity contribution in [3.8, 4) is 23.2 Å². The number of nitrogens with one attached hydrogen (secondary N) is 1. The highest BCUT2D eigenvalue weighted by Gasteiger charge is 2.14. The molecule has 0 aliphatic heterocycles. The van der Waals surface area contributed by atoms with Crippen molar-refractivity contribution in [2.24, 2.45) is 0 Å². The maximum atomic E-state index is 5.97. The van der Waals surface area contributed by atoms with Crippen LogP contribution in [0.15, 0.2) is 48.5 Å². The minimum absolute atomic E-state index is 0.285. The van der Waals surface area contributed by atoms with Crippen molar-refractivity contribution in [3.63, 3.8) is 0 Å². The summed E-state index contributed by atoms with van der Waals surface area (Å²) < 4.78 is 13.3. The topological polar surface area (TPSA) is 74.1 Å². The zero-order valence-corrected chi connectivity index (χ0v) is 15.9. The molecule has 0 unspecified atom stereocenters. The van der Waals surface area contributed by atoms with E-state index < -0.39 is 0 Å². The highest BCUT2D eigenvalue weighted by molar-refractivity contribution is 5.44. The third-order valence-electron chi connectivity index (χ3n) is 4.22. The van der Waals surface area contributed by atoms with Gasteiger partial charge in [0.2, 0.25) is 0 Å². The third kappa shape index (κ3) is 4.83. The van der Waals surface area contributed by atoms with Gasteiger partial charge in [0.1, 0.15) is 0 Å². The van der Waals surface area contributed by atoms with E-state index in [2.05, 4.69) is 34.7 Å². The Balaban J connectivity index is 1.82. The van der Waals surface area contributed by atoms with E-state index in [-0.39, 0.29) is 6.01 Å². The molecule has 0 radical (unpaired) electrons. The molecule has 7 nitrogen and oxygen atoms in total. The molecule has 1 N–H and O–H groups in total. The molecule has 1 heterocycles. The number of ether oxygens (including phenoxy) is 2. The van der Waals surface area contributed by atoms with Crippen molar-refractivity contribution in [1.29, 1.82) is 0 Å². The Labute approximate surface area is 159 Å². The largest absolute Gasteiger partial charge is 0.490 e. The van der Waals surface area contributed by atoms with Crippen LogP contribution in [0.4, 0.5) is 0 Å². The fourth-order valence-corrected chi connectivity index (χ4v) is 2.52. The first-order chi connectivity index (χ1) is 13.2. The quantitative estimate of drug-likeness (QED) is 0.621. The molecule has 0 saturated heterocycles. The Kier molecular flexibility index (Phi) is 6.38. The Bertz CT molecular complexity index is 851. The van der Waals surface area contributed by atoms with Gasteiger partial charge in [-0.2, -0.15) is 4.68 Å². The molecule has 7 heteroatoms. The lowest BCUT2D eigenvalue weighted by Crippen LogP contribution is -2.24.